The summed E-state index contributed by atoms with van der Waals surface area (Å²) in [6.45, 7) is 0. The van der Waals surface area contributed by atoms with Gasteiger partial charge in [-0.2, -0.15) is 0 Å². The van der Waals surface area contributed by atoms with E-state index in [1.165, 1.54) is 6.08 Å². The van der Waals surface area contributed by atoms with Gasteiger partial charge in [-0.25, -0.2) is 0 Å². The predicted octanol–water partition coefficient (Wildman–Crippen LogP) is 3.25. The van der Waals surface area contributed by atoms with Crippen molar-refractivity contribution in [1.29, 1.82) is 0 Å². The summed E-state index contributed by atoms with van der Waals surface area (Å²) in [7, 11) is 3.14. The summed E-state index contributed by atoms with van der Waals surface area (Å²) in [6.07, 6.45) is 5.08. The first kappa shape index (κ1) is 18.5. The highest BCUT2D eigenvalue weighted by molar-refractivity contribution is 6.07. The third-order valence-corrected chi connectivity index (χ3v) is 4.14. The molecule has 3 rings (SSSR count). The van der Waals surface area contributed by atoms with Gasteiger partial charge in [-0.3, -0.25) is 9.59 Å². The fraction of sp³-hybridized carbons (Fsp3) is 0.238. The Morgan fingerprint density at radius 1 is 1.04 bits per heavy atom. The zero-order valence-electron chi connectivity index (χ0n) is 15.3. The van der Waals surface area contributed by atoms with Gasteiger partial charge >= 0.3 is 0 Å². The Hall–Kier alpha value is -3.28. The molecule has 0 saturated heterocycles. The van der Waals surface area contributed by atoms with Crippen LogP contribution >= 0.6 is 0 Å². The van der Waals surface area contributed by atoms with Crippen molar-refractivity contribution in [1.82, 2.24) is 5.32 Å². The van der Waals surface area contributed by atoms with Gasteiger partial charge in [0.05, 0.1) is 25.5 Å². The largest absolute Gasteiger partial charge is 0.497 e. The molecule has 2 N–H and O–H groups in total. The van der Waals surface area contributed by atoms with Crippen LogP contribution in [0.25, 0.3) is 6.08 Å². The number of carbonyl (C=O) groups is 2. The Kier molecular flexibility index (Phi) is 5.76. The summed E-state index contributed by atoms with van der Waals surface area (Å²) < 4.78 is 10.4. The fourth-order valence-electron chi connectivity index (χ4n) is 2.55. The predicted molar refractivity (Wildman–Crippen MR) is 104 cm³/mol. The zero-order valence-corrected chi connectivity index (χ0v) is 15.3. The van der Waals surface area contributed by atoms with Crippen LogP contribution in [0.3, 0.4) is 0 Å². The molecule has 0 spiro atoms. The van der Waals surface area contributed by atoms with Crippen LogP contribution in [0.2, 0.25) is 0 Å². The first-order valence-corrected chi connectivity index (χ1v) is 8.71. The number of hydrogen-bond donors (Lipinski definition) is 2. The summed E-state index contributed by atoms with van der Waals surface area (Å²) in [4.78, 5) is 24.6. The topological polar surface area (TPSA) is 76.7 Å². The molecule has 2 aromatic rings. The van der Waals surface area contributed by atoms with E-state index in [1.54, 1.807) is 62.8 Å². The van der Waals surface area contributed by atoms with Crippen molar-refractivity contribution >= 4 is 23.6 Å². The SMILES string of the molecule is COc1cc(/C=C/C(=O)Nc2ccccc2C(=O)NC2CC2)cc(OC)c1. The average molecular weight is 366 g/mol. The highest BCUT2D eigenvalue weighted by Crippen LogP contribution is 2.24. The van der Waals surface area contributed by atoms with E-state index < -0.39 is 0 Å². The van der Waals surface area contributed by atoms with E-state index in [0.717, 1.165) is 18.4 Å². The number of amides is 2. The number of hydrogen-bond acceptors (Lipinski definition) is 4. The van der Waals surface area contributed by atoms with E-state index in [9.17, 15) is 9.59 Å². The molecule has 27 heavy (non-hydrogen) atoms. The monoisotopic (exact) mass is 366 g/mol. The van der Waals surface area contributed by atoms with Crippen LogP contribution < -0.4 is 20.1 Å². The van der Waals surface area contributed by atoms with E-state index in [-0.39, 0.29) is 17.9 Å². The van der Waals surface area contributed by atoms with Gasteiger partial charge in [0.15, 0.2) is 0 Å². The number of methoxy groups -OCH3 is 2. The van der Waals surface area contributed by atoms with E-state index in [2.05, 4.69) is 10.6 Å². The maximum atomic E-state index is 12.3. The summed E-state index contributed by atoms with van der Waals surface area (Å²) in [5.41, 5.74) is 1.70. The summed E-state index contributed by atoms with van der Waals surface area (Å²) in [5.74, 6) is 0.770. The van der Waals surface area contributed by atoms with Gasteiger partial charge in [0.1, 0.15) is 11.5 Å². The Labute approximate surface area is 158 Å². The zero-order chi connectivity index (χ0) is 19.2. The highest BCUT2D eigenvalue weighted by atomic mass is 16.5. The molecule has 2 amide bonds. The summed E-state index contributed by atoms with van der Waals surface area (Å²) >= 11 is 0. The van der Waals surface area contributed by atoms with E-state index in [0.29, 0.717) is 22.7 Å². The van der Waals surface area contributed by atoms with Crippen molar-refractivity contribution < 1.29 is 19.1 Å². The molecule has 1 saturated carbocycles. The van der Waals surface area contributed by atoms with Crippen molar-refractivity contribution in [2.75, 3.05) is 19.5 Å². The first-order chi connectivity index (χ1) is 13.1. The molecular formula is C21H22N2O4. The maximum absolute atomic E-state index is 12.3. The molecule has 0 heterocycles. The quantitative estimate of drug-likeness (QED) is 0.738. The Morgan fingerprint density at radius 2 is 1.70 bits per heavy atom. The Bertz CT molecular complexity index is 850. The molecule has 1 aliphatic rings. The van der Waals surface area contributed by atoms with Crippen molar-refractivity contribution in [2.24, 2.45) is 0 Å². The number of rotatable bonds is 7. The van der Waals surface area contributed by atoms with Crippen molar-refractivity contribution in [2.45, 2.75) is 18.9 Å². The van der Waals surface area contributed by atoms with Crippen LogP contribution in [0.1, 0.15) is 28.8 Å². The standard InChI is InChI=1S/C21H22N2O4/c1-26-16-11-14(12-17(13-16)27-2)7-10-20(24)23-19-6-4-3-5-18(19)21(25)22-15-8-9-15/h3-7,10-13,15H,8-9H2,1-2H3,(H,22,25)(H,23,24)/b10-7+. The van der Waals surface area contributed by atoms with Gasteiger partial charge in [0, 0.05) is 18.2 Å². The molecule has 2 aromatic carbocycles. The second kappa shape index (κ2) is 8.40. The van der Waals surface area contributed by atoms with Gasteiger partial charge in [-0.1, -0.05) is 12.1 Å². The molecule has 0 aliphatic heterocycles. The summed E-state index contributed by atoms with van der Waals surface area (Å²) in [5, 5.41) is 5.69. The number of benzene rings is 2. The van der Waals surface area contributed by atoms with Crippen LogP contribution in [-0.2, 0) is 4.79 Å². The number of para-hydroxylation sites is 1. The minimum Gasteiger partial charge on any atom is -0.497 e. The molecule has 1 aliphatic carbocycles. The normalized spacial score (nSPS) is 13.3. The molecule has 0 bridgehead atoms. The average Bonchev–Trinajstić information content (AvgIpc) is 3.50. The lowest BCUT2D eigenvalue weighted by atomic mass is 10.1. The molecular weight excluding hydrogens is 344 g/mol. The molecule has 6 heteroatoms. The van der Waals surface area contributed by atoms with Gasteiger partial charge in [0.25, 0.3) is 5.91 Å². The first-order valence-electron chi connectivity index (χ1n) is 8.71. The second-order valence-electron chi connectivity index (χ2n) is 6.26. The molecule has 1 fully saturated rings. The lowest BCUT2D eigenvalue weighted by molar-refractivity contribution is -0.111. The molecule has 6 nitrogen and oxygen atoms in total. The maximum Gasteiger partial charge on any atom is 0.253 e. The van der Waals surface area contributed by atoms with Gasteiger partial charge in [-0.15, -0.1) is 0 Å². The van der Waals surface area contributed by atoms with Gasteiger partial charge < -0.3 is 20.1 Å². The van der Waals surface area contributed by atoms with E-state index in [1.807, 2.05) is 0 Å². The lowest BCUT2D eigenvalue weighted by Crippen LogP contribution is -2.26. The van der Waals surface area contributed by atoms with Gasteiger partial charge in [0.2, 0.25) is 5.91 Å². The van der Waals surface area contributed by atoms with Crippen molar-refractivity contribution in [3.8, 4) is 11.5 Å². The second-order valence-corrected chi connectivity index (χ2v) is 6.26. The molecule has 0 aromatic heterocycles. The van der Waals surface area contributed by atoms with E-state index in [4.69, 9.17) is 9.47 Å². The molecule has 0 unspecified atom stereocenters. The highest BCUT2D eigenvalue weighted by Gasteiger charge is 2.24. The van der Waals surface area contributed by atoms with Crippen LogP contribution in [0.15, 0.2) is 48.5 Å². The number of nitrogens with one attached hydrogen (secondary N) is 2. The minimum atomic E-state index is -0.330. The van der Waals surface area contributed by atoms with Crippen LogP contribution in [0.4, 0.5) is 5.69 Å². The molecule has 140 valence electrons. The Balaban J connectivity index is 1.71. The smallest absolute Gasteiger partial charge is 0.253 e. The lowest BCUT2D eigenvalue weighted by Gasteiger charge is -2.10. The molecule has 0 radical (unpaired) electrons. The van der Waals surface area contributed by atoms with Crippen molar-refractivity contribution in [3.05, 3.63) is 59.7 Å². The number of ether oxygens (including phenoxy) is 2. The number of carbonyl (C=O) groups excluding carboxylic acids is 2. The van der Waals surface area contributed by atoms with Crippen LogP contribution in [-0.4, -0.2) is 32.1 Å². The fourth-order valence-corrected chi connectivity index (χ4v) is 2.55. The summed E-state index contributed by atoms with van der Waals surface area (Å²) in [6, 6.07) is 12.6. The van der Waals surface area contributed by atoms with Gasteiger partial charge in [-0.05, 0) is 48.7 Å². The third-order valence-electron chi connectivity index (χ3n) is 4.14. The van der Waals surface area contributed by atoms with E-state index >= 15 is 0 Å². The number of anilines is 1. The third kappa shape index (κ3) is 5.10. The molecule has 0 atom stereocenters. The van der Waals surface area contributed by atoms with Crippen molar-refractivity contribution in [3.63, 3.8) is 0 Å². The Morgan fingerprint density at radius 3 is 2.33 bits per heavy atom. The van der Waals surface area contributed by atoms with Crippen LogP contribution in [0.5, 0.6) is 11.5 Å². The minimum absolute atomic E-state index is 0.171. The van der Waals surface area contributed by atoms with Crippen LogP contribution in [0, 0.1) is 0 Å².